The van der Waals surface area contributed by atoms with Gasteiger partial charge in [0.1, 0.15) is 0 Å². The summed E-state index contributed by atoms with van der Waals surface area (Å²) in [5, 5.41) is 0. The molecule has 0 aliphatic rings. The van der Waals surface area contributed by atoms with E-state index in [-0.39, 0.29) is 11.4 Å². The van der Waals surface area contributed by atoms with Crippen LogP contribution in [0.4, 0.5) is 0 Å². The minimum absolute atomic E-state index is 0.0487. The SMILES string of the molecule is C=C(CC)CC(C)(C)C.COC(=O)CC(C)(C)C. The molecular formula is C16H32O2. The molecule has 2 nitrogen and oxygen atoms in total. The Bertz CT molecular complexity index is 223. The van der Waals surface area contributed by atoms with Gasteiger partial charge < -0.3 is 4.74 Å². The maximum atomic E-state index is 10.6. The minimum Gasteiger partial charge on any atom is -0.469 e. The van der Waals surface area contributed by atoms with Crippen LogP contribution < -0.4 is 0 Å². The number of methoxy groups -OCH3 is 1. The van der Waals surface area contributed by atoms with E-state index in [4.69, 9.17) is 0 Å². The fourth-order valence-corrected chi connectivity index (χ4v) is 1.38. The summed E-state index contributed by atoms with van der Waals surface area (Å²) < 4.78 is 4.49. The highest BCUT2D eigenvalue weighted by molar-refractivity contribution is 5.69. The van der Waals surface area contributed by atoms with Crippen molar-refractivity contribution in [2.24, 2.45) is 10.8 Å². The van der Waals surface area contributed by atoms with Crippen LogP contribution in [0, 0.1) is 10.8 Å². The van der Waals surface area contributed by atoms with Crippen molar-refractivity contribution in [2.75, 3.05) is 7.11 Å². The molecular weight excluding hydrogens is 224 g/mol. The average molecular weight is 256 g/mol. The number of esters is 1. The van der Waals surface area contributed by atoms with Crippen LogP contribution in [0.1, 0.15) is 67.7 Å². The number of ether oxygens (including phenoxy) is 1. The molecule has 0 aromatic carbocycles. The lowest BCUT2D eigenvalue weighted by Gasteiger charge is -2.18. The molecule has 0 rings (SSSR count). The quantitative estimate of drug-likeness (QED) is 0.525. The van der Waals surface area contributed by atoms with Gasteiger partial charge in [0.2, 0.25) is 0 Å². The molecule has 0 saturated heterocycles. The van der Waals surface area contributed by atoms with Crippen LogP contribution in [0.25, 0.3) is 0 Å². The van der Waals surface area contributed by atoms with Gasteiger partial charge in [0.05, 0.1) is 13.5 Å². The molecule has 0 radical (unpaired) electrons. The Balaban J connectivity index is 0. The fraction of sp³-hybridized carbons (Fsp3) is 0.812. The molecule has 0 fully saturated rings. The van der Waals surface area contributed by atoms with Gasteiger partial charge in [-0.1, -0.05) is 60.6 Å². The van der Waals surface area contributed by atoms with Crippen LogP contribution in [0.3, 0.4) is 0 Å². The molecule has 0 aliphatic heterocycles. The molecule has 0 heterocycles. The molecule has 108 valence electrons. The van der Waals surface area contributed by atoms with E-state index in [1.54, 1.807) is 0 Å². The third-order valence-electron chi connectivity index (χ3n) is 2.18. The molecule has 18 heavy (non-hydrogen) atoms. The van der Waals surface area contributed by atoms with Gasteiger partial charge in [-0.3, -0.25) is 4.79 Å². The van der Waals surface area contributed by atoms with E-state index in [9.17, 15) is 4.79 Å². The van der Waals surface area contributed by atoms with E-state index in [2.05, 4.69) is 39.0 Å². The molecule has 0 aromatic heterocycles. The summed E-state index contributed by atoms with van der Waals surface area (Å²) in [6.45, 7) is 18.9. The highest BCUT2D eigenvalue weighted by atomic mass is 16.5. The second-order valence-electron chi connectivity index (χ2n) is 7.15. The van der Waals surface area contributed by atoms with Crippen LogP contribution in [0.15, 0.2) is 12.2 Å². The molecule has 0 atom stereocenters. The Hall–Kier alpha value is -0.790. The average Bonchev–Trinajstić information content (AvgIpc) is 2.13. The van der Waals surface area contributed by atoms with Crippen LogP contribution in [-0.2, 0) is 9.53 Å². The normalized spacial score (nSPS) is 11.3. The second kappa shape index (κ2) is 8.34. The van der Waals surface area contributed by atoms with E-state index in [0.29, 0.717) is 11.8 Å². The molecule has 0 aromatic rings. The van der Waals surface area contributed by atoms with Crippen LogP contribution in [0.5, 0.6) is 0 Å². The van der Waals surface area contributed by atoms with E-state index < -0.39 is 0 Å². The third kappa shape index (κ3) is 17.6. The van der Waals surface area contributed by atoms with E-state index in [0.717, 1.165) is 12.8 Å². The number of carbonyl (C=O) groups excluding carboxylic acids is 1. The van der Waals surface area contributed by atoms with Gasteiger partial charge >= 0.3 is 5.97 Å². The van der Waals surface area contributed by atoms with Crippen molar-refractivity contribution in [3.05, 3.63) is 12.2 Å². The zero-order chi connectivity index (χ0) is 15.0. The molecule has 0 aliphatic carbocycles. The van der Waals surface area contributed by atoms with Crippen molar-refractivity contribution in [3.8, 4) is 0 Å². The van der Waals surface area contributed by atoms with E-state index >= 15 is 0 Å². The molecule has 0 amide bonds. The van der Waals surface area contributed by atoms with Crippen LogP contribution in [0.2, 0.25) is 0 Å². The first-order valence-electron chi connectivity index (χ1n) is 6.64. The lowest BCUT2D eigenvalue weighted by atomic mass is 9.88. The van der Waals surface area contributed by atoms with Gasteiger partial charge in [0.15, 0.2) is 0 Å². The topological polar surface area (TPSA) is 26.3 Å². The summed E-state index contributed by atoms with van der Waals surface area (Å²) in [6.07, 6.45) is 2.77. The molecule has 0 N–H and O–H groups in total. The predicted molar refractivity (Wildman–Crippen MR) is 79.6 cm³/mol. The number of rotatable bonds is 3. The Kier molecular flexibility index (Phi) is 9.05. The highest BCUT2D eigenvalue weighted by Crippen LogP contribution is 2.24. The fourth-order valence-electron chi connectivity index (χ4n) is 1.38. The van der Waals surface area contributed by atoms with Gasteiger partial charge in [0.25, 0.3) is 0 Å². The largest absolute Gasteiger partial charge is 0.469 e. The van der Waals surface area contributed by atoms with E-state index in [1.807, 2.05) is 20.8 Å². The summed E-state index contributed by atoms with van der Waals surface area (Å²) >= 11 is 0. The lowest BCUT2D eigenvalue weighted by molar-refractivity contribution is -0.142. The number of hydrogen-bond acceptors (Lipinski definition) is 2. The number of hydrogen-bond donors (Lipinski definition) is 0. The Morgan fingerprint density at radius 3 is 1.50 bits per heavy atom. The van der Waals surface area contributed by atoms with Crippen LogP contribution in [-0.4, -0.2) is 13.1 Å². The number of allylic oxidation sites excluding steroid dienone is 1. The second-order valence-corrected chi connectivity index (χ2v) is 7.15. The zero-order valence-corrected chi connectivity index (χ0v) is 13.6. The molecule has 0 bridgehead atoms. The summed E-state index contributed by atoms with van der Waals surface area (Å²) in [6, 6.07) is 0. The van der Waals surface area contributed by atoms with Crippen molar-refractivity contribution in [1.82, 2.24) is 0 Å². The summed E-state index contributed by atoms with van der Waals surface area (Å²) in [5.74, 6) is -0.137. The third-order valence-corrected chi connectivity index (χ3v) is 2.18. The van der Waals surface area contributed by atoms with Gasteiger partial charge in [-0.25, -0.2) is 0 Å². The van der Waals surface area contributed by atoms with Crippen LogP contribution >= 0.6 is 0 Å². The Morgan fingerprint density at radius 2 is 1.39 bits per heavy atom. The predicted octanol–water partition coefficient (Wildman–Crippen LogP) is 4.98. The monoisotopic (exact) mass is 256 g/mol. The van der Waals surface area contributed by atoms with Crippen molar-refractivity contribution in [1.29, 1.82) is 0 Å². The molecule has 2 heteroatoms. The lowest BCUT2D eigenvalue weighted by Crippen LogP contribution is -2.13. The highest BCUT2D eigenvalue weighted by Gasteiger charge is 2.15. The van der Waals surface area contributed by atoms with Gasteiger partial charge in [-0.2, -0.15) is 0 Å². The van der Waals surface area contributed by atoms with Crippen molar-refractivity contribution >= 4 is 5.97 Å². The summed E-state index contributed by atoms with van der Waals surface area (Å²) in [4.78, 5) is 10.6. The Morgan fingerprint density at radius 1 is 1.00 bits per heavy atom. The molecule has 0 saturated carbocycles. The molecule has 0 unspecified atom stereocenters. The van der Waals surface area contributed by atoms with Crippen molar-refractivity contribution in [3.63, 3.8) is 0 Å². The standard InChI is InChI=1S/C9H18.C7H14O2/c1-6-8(2)7-9(3,4)5;1-7(2,3)5-6(8)9-4/h2,6-7H2,1,3-5H3;5H2,1-4H3. The molecule has 0 spiro atoms. The zero-order valence-electron chi connectivity index (χ0n) is 13.6. The minimum atomic E-state index is -0.137. The van der Waals surface area contributed by atoms with Gasteiger partial charge in [0, 0.05) is 0 Å². The Labute approximate surface area is 114 Å². The van der Waals surface area contributed by atoms with Crippen molar-refractivity contribution < 1.29 is 9.53 Å². The first-order chi connectivity index (χ1) is 7.91. The maximum Gasteiger partial charge on any atom is 0.306 e. The maximum absolute atomic E-state index is 10.6. The summed E-state index contributed by atoms with van der Waals surface area (Å²) in [5.41, 5.74) is 1.84. The van der Waals surface area contributed by atoms with Crippen molar-refractivity contribution in [2.45, 2.75) is 67.7 Å². The van der Waals surface area contributed by atoms with Gasteiger partial charge in [-0.15, -0.1) is 0 Å². The first-order valence-corrected chi connectivity index (χ1v) is 6.64. The summed E-state index contributed by atoms with van der Waals surface area (Å²) in [7, 11) is 1.41. The first kappa shape index (κ1) is 19.5. The van der Waals surface area contributed by atoms with E-state index in [1.165, 1.54) is 12.7 Å². The van der Waals surface area contributed by atoms with Gasteiger partial charge in [-0.05, 0) is 23.7 Å². The smallest absolute Gasteiger partial charge is 0.306 e. The number of carbonyl (C=O) groups is 1.